The Labute approximate surface area is 294 Å². The molecule has 0 bridgehead atoms. The van der Waals surface area contributed by atoms with Gasteiger partial charge in [0.2, 0.25) is 5.91 Å². The van der Waals surface area contributed by atoms with Gasteiger partial charge in [-0.1, -0.05) is 29.9 Å². The number of hydrogen-bond donors (Lipinski definition) is 4. The maximum absolute atomic E-state index is 13.4. The van der Waals surface area contributed by atoms with Gasteiger partial charge in [-0.2, -0.15) is 5.10 Å². The summed E-state index contributed by atoms with van der Waals surface area (Å²) in [7, 11) is 1.72. The molecule has 14 heteroatoms. The van der Waals surface area contributed by atoms with Crippen LogP contribution in [0.5, 0.6) is 5.75 Å². The zero-order valence-electron chi connectivity index (χ0n) is 28.3. The van der Waals surface area contributed by atoms with E-state index in [2.05, 4.69) is 27.5 Å². The maximum Gasteiger partial charge on any atom is 0.264 e. The van der Waals surface area contributed by atoms with Crippen LogP contribution in [0.4, 0.5) is 5.69 Å². The number of hydrogen-bond acceptors (Lipinski definition) is 11. The molecule has 51 heavy (non-hydrogen) atoms. The SMILES string of the molecule is C=C(CCC(C=O)N1C(=O)c2cccc(NCCC(=O)N3CCC(Oc4cccc(-c5onc6ccc(/C(N)=N/N)cc56)c4)CC3)c2C1=O)NC. The smallest absolute Gasteiger partial charge is 0.264 e. The molecule has 3 heterocycles. The molecule has 1 unspecified atom stereocenters. The number of aromatic nitrogens is 1. The van der Waals surface area contributed by atoms with Crippen molar-refractivity contribution < 1.29 is 28.4 Å². The first-order chi connectivity index (χ1) is 24.7. The van der Waals surface area contributed by atoms with Gasteiger partial charge in [-0.05, 0) is 55.3 Å². The number of carbonyl (C=O) groups is 4. The van der Waals surface area contributed by atoms with Crippen LogP contribution in [0.2, 0.25) is 0 Å². The van der Waals surface area contributed by atoms with E-state index in [9.17, 15) is 19.2 Å². The number of allylic oxidation sites excluding steroid dienone is 1. The molecule has 3 aromatic carbocycles. The molecule has 1 aromatic heterocycles. The average Bonchev–Trinajstić information content (AvgIpc) is 3.69. The number of nitrogens with one attached hydrogen (secondary N) is 2. The van der Waals surface area contributed by atoms with Gasteiger partial charge in [0.25, 0.3) is 11.8 Å². The first-order valence-electron chi connectivity index (χ1n) is 16.8. The second kappa shape index (κ2) is 15.2. The highest BCUT2D eigenvalue weighted by molar-refractivity contribution is 6.24. The lowest BCUT2D eigenvalue weighted by molar-refractivity contribution is -0.132. The Kier molecular flexibility index (Phi) is 10.3. The van der Waals surface area contributed by atoms with Crippen molar-refractivity contribution in [1.29, 1.82) is 0 Å². The molecule has 1 fully saturated rings. The predicted molar refractivity (Wildman–Crippen MR) is 192 cm³/mol. The number of anilines is 1. The molecule has 4 aromatic rings. The standard InChI is InChI=1S/C37H40N8O6/c1-22(40-2)9-11-25(21-46)45-36(48)28-7-4-8-31(33(28)37(45)49)41-16-13-32(47)44-17-14-26(15-18-44)50-27-6-3-5-23(19-27)34-29-20-24(35(38)42-39)10-12-30(29)43-51-34/h3-8,10,12,19-21,25-26,40-41H,1,9,11,13-18,39H2,2H3,(H2,38,42). The Balaban J connectivity index is 1.01. The van der Waals surface area contributed by atoms with Crippen LogP contribution >= 0.6 is 0 Å². The summed E-state index contributed by atoms with van der Waals surface area (Å²) in [5.41, 5.74) is 9.62. The van der Waals surface area contributed by atoms with Crippen LogP contribution in [-0.4, -0.2) is 83.6 Å². The Morgan fingerprint density at radius 3 is 2.65 bits per heavy atom. The average molecular weight is 693 g/mol. The van der Waals surface area contributed by atoms with Crippen molar-refractivity contribution in [1.82, 2.24) is 20.3 Å². The lowest BCUT2D eigenvalue weighted by Crippen LogP contribution is -2.42. The molecule has 6 N–H and O–H groups in total. The molecule has 1 saturated heterocycles. The van der Waals surface area contributed by atoms with E-state index in [1.54, 1.807) is 37.4 Å². The molecule has 6 rings (SSSR count). The predicted octanol–water partition coefficient (Wildman–Crippen LogP) is 3.62. The highest BCUT2D eigenvalue weighted by Crippen LogP contribution is 2.33. The number of amides is 3. The zero-order valence-corrected chi connectivity index (χ0v) is 28.3. The van der Waals surface area contributed by atoms with Crippen LogP contribution in [0.25, 0.3) is 22.2 Å². The summed E-state index contributed by atoms with van der Waals surface area (Å²) in [6.45, 7) is 5.20. The quantitative estimate of drug-likeness (QED) is 0.0376. The number of likely N-dealkylation sites (tertiary alicyclic amines) is 1. The van der Waals surface area contributed by atoms with E-state index in [4.69, 9.17) is 20.8 Å². The molecule has 0 radical (unpaired) electrons. The summed E-state index contributed by atoms with van der Waals surface area (Å²) in [5.74, 6) is 5.74. The van der Waals surface area contributed by atoms with E-state index in [1.165, 1.54) is 0 Å². The number of carbonyl (C=O) groups excluding carboxylic acids is 4. The van der Waals surface area contributed by atoms with Gasteiger partial charge in [0.15, 0.2) is 5.76 Å². The molecule has 3 amide bonds. The third kappa shape index (κ3) is 7.25. The highest BCUT2D eigenvalue weighted by atomic mass is 16.5. The van der Waals surface area contributed by atoms with Gasteiger partial charge in [-0.3, -0.25) is 19.3 Å². The van der Waals surface area contributed by atoms with E-state index in [-0.39, 0.29) is 48.4 Å². The molecule has 0 saturated carbocycles. The van der Waals surface area contributed by atoms with Crippen LogP contribution < -0.4 is 26.9 Å². The number of piperidine rings is 1. The van der Waals surface area contributed by atoms with Crippen molar-refractivity contribution in [2.24, 2.45) is 16.7 Å². The van der Waals surface area contributed by atoms with Gasteiger partial charge in [-0.15, -0.1) is 0 Å². The first-order valence-corrected chi connectivity index (χ1v) is 16.8. The fourth-order valence-electron chi connectivity index (χ4n) is 6.43. The number of ether oxygens (including phenoxy) is 1. The second-order valence-electron chi connectivity index (χ2n) is 12.5. The Morgan fingerprint density at radius 2 is 1.90 bits per heavy atom. The van der Waals surface area contributed by atoms with Crippen LogP contribution in [0.3, 0.4) is 0 Å². The minimum Gasteiger partial charge on any atom is -0.490 e. The van der Waals surface area contributed by atoms with E-state index in [1.807, 2.05) is 35.2 Å². The number of amidine groups is 1. The largest absolute Gasteiger partial charge is 0.490 e. The maximum atomic E-state index is 13.4. The summed E-state index contributed by atoms with van der Waals surface area (Å²) < 4.78 is 12.0. The van der Waals surface area contributed by atoms with Gasteiger partial charge in [0, 0.05) is 68.5 Å². The van der Waals surface area contributed by atoms with Crippen molar-refractivity contribution >= 4 is 46.4 Å². The molecular formula is C37H40N8O6. The van der Waals surface area contributed by atoms with Crippen molar-refractivity contribution in [2.45, 2.75) is 44.2 Å². The van der Waals surface area contributed by atoms with E-state index in [0.29, 0.717) is 72.6 Å². The topological polar surface area (TPSA) is 198 Å². The van der Waals surface area contributed by atoms with Crippen LogP contribution in [0, 0.1) is 0 Å². The Hall–Kier alpha value is -6.18. The van der Waals surface area contributed by atoms with Crippen LogP contribution in [0.1, 0.15) is 58.4 Å². The first kappa shape index (κ1) is 34.7. The molecule has 14 nitrogen and oxygen atoms in total. The lowest BCUT2D eigenvalue weighted by atomic mass is 10.0. The van der Waals surface area contributed by atoms with Gasteiger partial charge < -0.3 is 41.2 Å². The Bertz CT molecular complexity index is 2010. The zero-order chi connectivity index (χ0) is 36.1. The van der Waals surface area contributed by atoms with Gasteiger partial charge >= 0.3 is 0 Å². The molecule has 2 aliphatic rings. The normalized spacial score (nSPS) is 15.5. The van der Waals surface area contributed by atoms with Crippen molar-refractivity contribution in [2.75, 3.05) is 32.0 Å². The summed E-state index contributed by atoms with van der Waals surface area (Å²) >= 11 is 0. The third-order valence-corrected chi connectivity index (χ3v) is 9.29. The highest BCUT2D eigenvalue weighted by Gasteiger charge is 2.41. The molecular weight excluding hydrogens is 652 g/mol. The number of nitrogens with two attached hydrogens (primary N) is 2. The van der Waals surface area contributed by atoms with E-state index in [0.717, 1.165) is 15.8 Å². The minimum atomic E-state index is -0.910. The number of aldehydes is 1. The number of nitrogens with zero attached hydrogens (tertiary/aromatic N) is 4. The minimum absolute atomic E-state index is 0.0257. The number of imide groups is 1. The second-order valence-corrected chi connectivity index (χ2v) is 12.5. The number of benzene rings is 3. The summed E-state index contributed by atoms with van der Waals surface area (Å²) in [6, 6.07) is 17.0. The lowest BCUT2D eigenvalue weighted by Gasteiger charge is -2.32. The molecule has 1 atom stereocenters. The monoisotopic (exact) mass is 692 g/mol. The summed E-state index contributed by atoms with van der Waals surface area (Å²) in [5, 5.41) is 14.6. The molecule has 264 valence electrons. The summed E-state index contributed by atoms with van der Waals surface area (Å²) in [6.07, 6.45) is 2.76. The van der Waals surface area contributed by atoms with Gasteiger partial charge in [0.05, 0.1) is 22.6 Å². The van der Waals surface area contributed by atoms with Crippen molar-refractivity contribution in [3.63, 3.8) is 0 Å². The van der Waals surface area contributed by atoms with E-state index < -0.39 is 17.9 Å². The number of hydrazone groups is 1. The third-order valence-electron chi connectivity index (χ3n) is 9.29. The molecule has 2 aliphatic heterocycles. The molecule has 0 aliphatic carbocycles. The van der Waals surface area contributed by atoms with Gasteiger partial charge in [-0.25, -0.2) is 0 Å². The Morgan fingerprint density at radius 1 is 1.12 bits per heavy atom. The van der Waals surface area contributed by atoms with Gasteiger partial charge in [0.1, 0.15) is 29.5 Å². The van der Waals surface area contributed by atoms with Crippen LogP contribution in [-0.2, 0) is 9.59 Å². The van der Waals surface area contributed by atoms with E-state index >= 15 is 0 Å². The molecule has 0 spiro atoms. The fraction of sp³-hybridized carbons (Fsp3) is 0.297. The van der Waals surface area contributed by atoms with Crippen molar-refractivity contribution in [3.8, 4) is 17.1 Å². The fourth-order valence-corrected chi connectivity index (χ4v) is 6.43. The van der Waals surface area contributed by atoms with Crippen LogP contribution in [0.15, 0.2) is 82.6 Å². The van der Waals surface area contributed by atoms with Crippen molar-refractivity contribution in [3.05, 3.63) is 89.6 Å². The summed E-state index contributed by atoms with van der Waals surface area (Å²) in [4.78, 5) is 54.4. The number of rotatable bonds is 14. The number of fused-ring (bicyclic) bond motifs is 2.